The van der Waals surface area contributed by atoms with E-state index in [2.05, 4.69) is 6.07 Å². The first-order valence-corrected chi connectivity index (χ1v) is 14.3. The van der Waals surface area contributed by atoms with Gasteiger partial charge < -0.3 is 29.2 Å². The molecule has 0 radical (unpaired) electrons. The summed E-state index contributed by atoms with van der Waals surface area (Å²) < 4.78 is 39.0. The van der Waals surface area contributed by atoms with Crippen molar-refractivity contribution in [2.45, 2.75) is 57.3 Å². The van der Waals surface area contributed by atoms with Crippen LogP contribution in [0.4, 0.5) is 4.39 Å². The minimum Gasteiger partial charge on any atom is -0.493 e. The van der Waals surface area contributed by atoms with Crippen molar-refractivity contribution in [3.8, 4) is 45.3 Å². The number of aliphatic hydroxyl groups excluding tert-OH is 2. The average Bonchev–Trinajstić information content (AvgIpc) is 2.99. The number of halogens is 1. The average molecular weight is 553 g/mol. The van der Waals surface area contributed by atoms with Gasteiger partial charge in [-0.3, -0.25) is 0 Å². The van der Waals surface area contributed by atoms with Crippen molar-refractivity contribution in [3.05, 3.63) is 59.9 Å². The molecular formula is C33H41FO6. The maximum atomic E-state index is 15.6. The molecule has 1 saturated carbocycles. The van der Waals surface area contributed by atoms with Gasteiger partial charge in [-0.15, -0.1) is 0 Å². The molecule has 0 aliphatic heterocycles. The van der Waals surface area contributed by atoms with Crippen LogP contribution in [0.5, 0.6) is 23.0 Å². The highest BCUT2D eigenvalue weighted by Crippen LogP contribution is 2.45. The first-order valence-electron chi connectivity index (χ1n) is 14.3. The van der Waals surface area contributed by atoms with Crippen LogP contribution >= 0.6 is 0 Å². The number of aliphatic hydroxyl groups is 2. The molecule has 0 aromatic heterocycles. The zero-order chi connectivity index (χ0) is 28.3. The lowest BCUT2D eigenvalue weighted by molar-refractivity contribution is 0.228. The molecule has 40 heavy (non-hydrogen) atoms. The number of hydrogen-bond donors (Lipinski definition) is 2. The number of methoxy groups -OCH3 is 2. The first kappa shape index (κ1) is 29.7. The minimum atomic E-state index is -0.254. The van der Waals surface area contributed by atoms with Crippen LogP contribution in [0.15, 0.2) is 48.5 Å². The van der Waals surface area contributed by atoms with Crippen LogP contribution in [0.1, 0.15) is 62.8 Å². The third-order valence-electron chi connectivity index (χ3n) is 7.49. The van der Waals surface area contributed by atoms with Gasteiger partial charge in [0.2, 0.25) is 0 Å². The Balaban J connectivity index is 1.77. The van der Waals surface area contributed by atoms with Crippen molar-refractivity contribution in [3.63, 3.8) is 0 Å². The number of ether oxygens (including phenoxy) is 4. The van der Waals surface area contributed by atoms with Gasteiger partial charge in [0, 0.05) is 30.8 Å². The molecule has 0 atom stereocenters. The molecule has 0 saturated heterocycles. The van der Waals surface area contributed by atoms with Crippen molar-refractivity contribution in [2.75, 3.05) is 40.6 Å². The summed E-state index contributed by atoms with van der Waals surface area (Å²) in [5.74, 6) is 2.29. The standard InChI is InChI=1S/C33H41FO6/c1-37-30-14-12-25(21-31(30)39-18-8-16-36)28-19-26(22-32(38-2)33(28)40-17-7-6-15-35)27-13-11-24(20-29(27)34)23-9-4-3-5-10-23/h11-14,19-23,35-36H,3-10,15-18H2,1-2H3. The van der Waals surface area contributed by atoms with E-state index in [1.165, 1.54) is 19.3 Å². The van der Waals surface area contributed by atoms with Gasteiger partial charge in [0.1, 0.15) is 5.82 Å². The van der Waals surface area contributed by atoms with Crippen molar-refractivity contribution in [1.82, 2.24) is 0 Å². The fraction of sp³-hybridized carbons (Fsp3) is 0.455. The highest BCUT2D eigenvalue weighted by atomic mass is 19.1. The van der Waals surface area contributed by atoms with Crippen LogP contribution in [-0.4, -0.2) is 50.9 Å². The maximum absolute atomic E-state index is 15.6. The second-order valence-electron chi connectivity index (χ2n) is 10.2. The summed E-state index contributed by atoms with van der Waals surface area (Å²) in [6, 6.07) is 14.9. The number of hydrogen-bond acceptors (Lipinski definition) is 6. The van der Waals surface area contributed by atoms with E-state index in [9.17, 15) is 10.2 Å². The first-order chi connectivity index (χ1) is 19.6. The topological polar surface area (TPSA) is 77.4 Å². The predicted molar refractivity (Wildman–Crippen MR) is 155 cm³/mol. The molecular weight excluding hydrogens is 511 g/mol. The molecule has 7 heteroatoms. The van der Waals surface area contributed by atoms with E-state index >= 15 is 4.39 Å². The van der Waals surface area contributed by atoms with Gasteiger partial charge in [-0.05, 0) is 78.6 Å². The van der Waals surface area contributed by atoms with Crippen molar-refractivity contribution >= 4 is 0 Å². The molecule has 6 nitrogen and oxygen atoms in total. The Morgan fingerprint density at radius 3 is 2.12 bits per heavy atom. The Labute approximate surface area is 236 Å². The monoisotopic (exact) mass is 552 g/mol. The van der Waals surface area contributed by atoms with Gasteiger partial charge >= 0.3 is 0 Å². The molecule has 0 bridgehead atoms. The lowest BCUT2D eigenvalue weighted by atomic mass is 9.83. The van der Waals surface area contributed by atoms with Crippen molar-refractivity contribution in [1.29, 1.82) is 0 Å². The van der Waals surface area contributed by atoms with E-state index in [-0.39, 0.29) is 19.0 Å². The van der Waals surface area contributed by atoms with Gasteiger partial charge in [-0.1, -0.05) is 37.5 Å². The molecule has 0 spiro atoms. The number of unbranched alkanes of at least 4 members (excludes halogenated alkanes) is 1. The van der Waals surface area contributed by atoms with Crippen LogP contribution in [0.25, 0.3) is 22.3 Å². The molecule has 216 valence electrons. The molecule has 1 aliphatic carbocycles. The summed E-state index contributed by atoms with van der Waals surface area (Å²) in [6.07, 6.45) is 7.66. The second-order valence-corrected chi connectivity index (χ2v) is 10.2. The van der Waals surface area contributed by atoms with E-state index in [1.807, 2.05) is 36.4 Å². The van der Waals surface area contributed by atoms with E-state index < -0.39 is 0 Å². The SMILES string of the molecule is COc1ccc(-c2cc(-c3ccc(C4CCCCC4)cc3F)cc(OC)c2OCCCCO)cc1OCCCO. The summed E-state index contributed by atoms with van der Waals surface area (Å²) in [5, 5.41) is 18.4. The molecule has 3 aromatic rings. The van der Waals surface area contributed by atoms with E-state index in [0.717, 1.165) is 29.5 Å². The van der Waals surface area contributed by atoms with Gasteiger partial charge in [0.15, 0.2) is 23.0 Å². The van der Waals surface area contributed by atoms with E-state index in [4.69, 9.17) is 18.9 Å². The molecule has 3 aromatic carbocycles. The molecule has 0 unspecified atom stereocenters. The Morgan fingerprint density at radius 1 is 0.700 bits per heavy atom. The fourth-order valence-electron chi connectivity index (χ4n) is 5.32. The highest BCUT2D eigenvalue weighted by Gasteiger charge is 2.21. The molecule has 1 aliphatic rings. The summed E-state index contributed by atoms with van der Waals surface area (Å²) in [6.45, 7) is 0.847. The molecule has 0 heterocycles. The van der Waals surface area contributed by atoms with E-state index in [1.54, 1.807) is 20.3 Å². The van der Waals surface area contributed by atoms with Gasteiger partial charge in [0.05, 0.1) is 27.4 Å². The van der Waals surface area contributed by atoms with Crippen LogP contribution in [0.2, 0.25) is 0 Å². The molecule has 0 amide bonds. The third kappa shape index (κ3) is 7.26. The highest BCUT2D eigenvalue weighted by molar-refractivity contribution is 5.82. The van der Waals surface area contributed by atoms with Crippen LogP contribution in [0, 0.1) is 5.82 Å². The largest absolute Gasteiger partial charge is 0.493 e. The summed E-state index contributed by atoms with van der Waals surface area (Å²) in [5.41, 5.74) is 3.76. The lowest BCUT2D eigenvalue weighted by Gasteiger charge is -2.22. The Hall–Kier alpha value is -3.29. The number of benzene rings is 3. The molecule has 2 N–H and O–H groups in total. The summed E-state index contributed by atoms with van der Waals surface area (Å²) >= 11 is 0. The van der Waals surface area contributed by atoms with Crippen LogP contribution in [-0.2, 0) is 0 Å². The smallest absolute Gasteiger partial charge is 0.168 e. The fourth-order valence-corrected chi connectivity index (χ4v) is 5.32. The predicted octanol–water partition coefficient (Wildman–Crippen LogP) is 7.14. The minimum absolute atomic E-state index is 0.0260. The summed E-state index contributed by atoms with van der Waals surface area (Å²) in [7, 11) is 3.15. The zero-order valence-corrected chi connectivity index (χ0v) is 23.6. The van der Waals surface area contributed by atoms with Gasteiger partial charge in [0.25, 0.3) is 0 Å². The lowest BCUT2D eigenvalue weighted by Crippen LogP contribution is -2.05. The van der Waals surface area contributed by atoms with Crippen molar-refractivity contribution < 1.29 is 33.6 Å². The Morgan fingerprint density at radius 2 is 1.43 bits per heavy atom. The second kappa shape index (κ2) is 14.9. The normalized spacial score (nSPS) is 13.7. The zero-order valence-electron chi connectivity index (χ0n) is 23.6. The van der Waals surface area contributed by atoms with Crippen LogP contribution < -0.4 is 18.9 Å². The quantitative estimate of drug-likeness (QED) is 0.207. The molecule has 4 rings (SSSR count). The Bertz CT molecular complexity index is 1240. The van der Waals surface area contributed by atoms with Gasteiger partial charge in [-0.25, -0.2) is 4.39 Å². The van der Waals surface area contributed by atoms with Crippen molar-refractivity contribution in [2.24, 2.45) is 0 Å². The maximum Gasteiger partial charge on any atom is 0.168 e. The molecule has 1 fully saturated rings. The van der Waals surface area contributed by atoms with Crippen LogP contribution in [0.3, 0.4) is 0 Å². The number of rotatable bonds is 14. The third-order valence-corrected chi connectivity index (χ3v) is 7.49. The summed E-state index contributed by atoms with van der Waals surface area (Å²) in [4.78, 5) is 0. The van der Waals surface area contributed by atoms with Gasteiger partial charge in [-0.2, -0.15) is 0 Å². The van der Waals surface area contributed by atoms with E-state index in [0.29, 0.717) is 72.5 Å². The Kier molecular flexibility index (Phi) is 11.1.